The number of nitrogens with zero attached hydrogens (tertiary/aromatic N) is 3. The first kappa shape index (κ1) is 41.3. The van der Waals surface area contributed by atoms with Crippen molar-refractivity contribution in [3.8, 4) is 11.8 Å². The van der Waals surface area contributed by atoms with E-state index in [1.54, 1.807) is 43.3 Å². The monoisotopic (exact) mass is 727 g/mol. The van der Waals surface area contributed by atoms with Crippen molar-refractivity contribution in [2.45, 2.75) is 52.1 Å². The Bertz CT molecular complexity index is 1710. The number of carbonyl (C=O) groups excluding carboxylic acids is 5. The summed E-state index contributed by atoms with van der Waals surface area (Å²) in [6, 6.07) is 21.5. The minimum atomic E-state index is -1.06. The number of benzene rings is 3. The third kappa shape index (κ3) is 12.9. The molecule has 2 atom stereocenters. The van der Waals surface area contributed by atoms with E-state index in [2.05, 4.69) is 21.3 Å². The van der Waals surface area contributed by atoms with Crippen LogP contribution in [-0.4, -0.2) is 87.2 Å². The van der Waals surface area contributed by atoms with Gasteiger partial charge in [-0.2, -0.15) is 5.26 Å². The summed E-state index contributed by atoms with van der Waals surface area (Å²) >= 11 is 0. The summed E-state index contributed by atoms with van der Waals surface area (Å²) in [4.78, 5) is 69.5. The Kier molecular flexibility index (Phi) is 16.6. The number of anilines is 2. The molecule has 0 bridgehead atoms. The normalized spacial score (nSPS) is 11.6. The molecule has 53 heavy (non-hydrogen) atoms. The molecule has 3 rings (SSSR count). The maximum absolute atomic E-state index is 14.1. The van der Waals surface area contributed by atoms with Crippen LogP contribution in [0.25, 0.3) is 0 Å². The Morgan fingerprint density at radius 3 is 2.11 bits per heavy atom. The molecule has 0 saturated heterocycles. The van der Waals surface area contributed by atoms with E-state index in [9.17, 15) is 29.2 Å². The number of ether oxygens (including phenoxy) is 2. The van der Waals surface area contributed by atoms with Crippen molar-refractivity contribution in [2.75, 3.05) is 50.6 Å². The van der Waals surface area contributed by atoms with E-state index in [0.717, 1.165) is 5.56 Å². The standard InChI is InChI=1S/C39H49N7O7/c1-6-53-37(49)31-26-29(18-19-34(31)52-5)42-38(50)45(21-13-20-40)22-23-46(30-16-11-8-12-17-30)39(51)44-33(25-28-14-9-7-10-15-28)36(48)43-32(24-27(2)3)35(47)41-4/h7-12,14-19,26-27,32-33H,6,13,21-25H2,1-5H3,(H,41,47)(H,42,50)(H,43,48)(H,44,51)/t32-,33-/m0/s1. The van der Waals surface area contributed by atoms with Crippen LogP contribution in [0.2, 0.25) is 0 Å². The van der Waals surface area contributed by atoms with Crippen molar-refractivity contribution in [1.29, 1.82) is 5.26 Å². The van der Waals surface area contributed by atoms with Gasteiger partial charge in [-0.15, -0.1) is 0 Å². The fourth-order valence-corrected chi connectivity index (χ4v) is 5.47. The molecule has 0 aliphatic carbocycles. The van der Waals surface area contributed by atoms with Crippen LogP contribution >= 0.6 is 0 Å². The molecule has 0 heterocycles. The van der Waals surface area contributed by atoms with Gasteiger partial charge in [0, 0.05) is 44.5 Å². The van der Waals surface area contributed by atoms with Gasteiger partial charge < -0.3 is 35.6 Å². The number of nitrogens with one attached hydrogen (secondary N) is 4. The van der Waals surface area contributed by atoms with Gasteiger partial charge in [-0.1, -0.05) is 62.4 Å². The fraction of sp³-hybridized carbons (Fsp3) is 0.385. The fourth-order valence-electron chi connectivity index (χ4n) is 5.47. The molecule has 0 spiro atoms. The molecule has 0 aliphatic heterocycles. The number of para-hydroxylation sites is 1. The Hall–Kier alpha value is -6.10. The molecule has 0 aliphatic rings. The molecule has 0 aromatic heterocycles. The van der Waals surface area contributed by atoms with E-state index in [1.807, 2.05) is 50.2 Å². The van der Waals surface area contributed by atoms with Gasteiger partial charge in [0.25, 0.3) is 0 Å². The van der Waals surface area contributed by atoms with Gasteiger partial charge in [0.15, 0.2) is 0 Å². The van der Waals surface area contributed by atoms with Crippen LogP contribution in [0.1, 0.15) is 49.5 Å². The number of esters is 1. The second-order valence-corrected chi connectivity index (χ2v) is 12.4. The van der Waals surface area contributed by atoms with Gasteiger partial charge in [0.1, 0.15) is 23.4 Å². The van der Waals surface area contributed by atoms with Crippen molar-refractivity contribution >= 4 is 41.2 Å². The second kappa shape index (κ2) is 21.3. The number of methoxy groups -OCH3 is 1. The largest absolute Gasteiger partial charge is 0.496 e. The molecular formula is C39H49N7O7. The molecule has 282 valence electrons. The van der Waals surface area contributed by atoms with E-state index < -0.39 is 36.0 Å². The first-order valence-electron chi connectivity index (χ1n) is 17.5. The Morgan fingerprint density at radius 2 is 1.51 bits per heavy atom. The number of urea groups is 2. The molecule has 4 N–H and O–H groups in total. The van der Waals surface area contributed by atoms with E-state index in [0.29, 0.717) is 17.8 Å². The highest BCUT2D eigenvalue weighted by Crippen LogP contribution is 2.24. The van der Waals surface area contributed by atoms with E-state index in [4.69, 9.17) is 9.47 Å². The van der Waals surface area contributed by atoms with E-state index in [1.165, 1.54) is 36.1 Å². The highest BCUT2D eigenvalue weighted by Gasteiger charge is 2.29. The first-order valence-corrected chi connectivity index (χ1v) is 17.5. The lowest BCUT2D eigenvalue weighted by molar-refractivity contribution is -0.130. The number of hydrogen-bond acceptors (Lipinski definition) is 8. The van der Waals surface area contributed by atoms with Crippen molar-refractivity contribution in [3.05, 3.63) is 90.0 Å². The minimum Gasteiger partial charge on any atom is -0.496 e. The SMILES string of the molecule is CCOC(=O)c1cc(NC(=O)N(CCC#N)CCN(C(=O)N[C@@H](Cc2ccccc2)C(=O)N[C@@H](CC(C)C)C(=O)NC)c2ccccc2)ccc1OC. The van der Waals surface area contributed by atoms with Crippen molar-refractivity contribution in [3.63, 3.8) is 0 Å². The van der Waals surface area contributed by atoms with Crippen LogP contribution in [-0.2, 0) is 20.7 Å². The van der Waals surface area contributed by atoms with Gasteiger partial charge in [0.2, 0.25) is 11.8 Å². The van der Waals surface area contributed by atoms with Crippen LogP contribution in [0.15, 0.2) is 78.9 Å². The Morgan fingerprint density at radius 1 is 0.830 bits per heavy atom. The quantitative estimate of drug-likeness (QED) is 0.136. The molecule has 0 radical (unpaired) electrons. The molecule has 3 aromatic carbocycles. The van der Waals surface area contributed by atoms with E-state index in [-0.39, 0.29) is 62.2 Å². The maximum Gasteiger partial charge on any atom is 0.341 e. The summed E-state index contributed by atoms with van der Waals surface area (Å²) in [5.41, 5.74) is 1.72. The maximum atomic E-state index is 14.1. The predicted octanol–water partition coefficient (Wildman–Crippen LogP) is 4.72. The Labute approximate surface area is 310 Å². The van der Waals surface area contributed by atoms with Crippen molar-refractivity contribution in [2.24, 2.45) is 5.92 Å². The Balaban J connectivity index is 1.88. The highest BCUT2D eigenvalue weighted by atomic mass is 16.5. The van der Waals surface area contributed by atoms with Crippen LogP contribution in [0.3, 0.4) is 0 Å². The lowest BCUT2D eigenvalue weighted by atomic mass is 10.0. The predicted molar refractivity (Wildman–Crippen MR) is 201 cm³/mol. The van der Waals surface area contributed by atoms with Gasteiger partial charge in [-0.05, 0) is 55.2 Å². The summed E-state index contributed by atoms with van der Waals surface area (Å²) < 4.78 is 10.4. The molecule has 0 fully saturated rings. The number of rotatable bonds is 18. The first-order chi connectivity index (χ1) is 25.5. The molecule has 6 amide bonds. The summed E-state index contributed by atoms with van der Waals surface area (Å²) in [5.74, 6) is -1.10. The summed E-state index contributed by atoms with van der Waals surface area (Å²) in [6.07, 6.45) is 0.564. The third-order valence-corrected chi connectivity index (χ3v) is 8.12. The number of nitriles is 1. The van der Waals surface area contributed by atoms with Gasteiger partial charge in [-0.3, -0.25) is 14.5 Å². The van der Waals surface area contributed by atoms with Crippen LogP contribution in [0, 0.1) is 17.2 Å². The van der Waals surface area contributed by atoms with Gasteiger partial charge in [0.05, 0.1) is 26.2 Å². The smallest absolute Gasteiger partial charge is 0.341 e. The van der Waals surface area contributed by atoms with Gasteiger partial charge >= 0.3 is 18.0 Å². The van der Waals surface area contributed by atoms with Gasteiger partial charge in [-0.25, -0.2) is 14.4 Å². The lowest BCUT2D eigenvalue weighted by Gasteiger charge is -2.30. The van der Waals surface area contributed by atoms with Crippen molar-refractivity contribution in [1.82, 2.24) is 20.9 Å². The highest BCUT2D eigenvalue weighted by molar-refractivity contribution is 5.98. The molecule has 14 nitrogen and oxygen atoms in total. The molecule has 14 heteroatoms. The number of hydrogen-bond donors (Lipinski definition) is 4. The number of likely N-dealkylation sites (N-methyl/N-ethyl adjacent to an activating group) is 1. The second-order valence-electron chi connectivity index (χ2n) is 12.4. The summed E-state index contributed by atoms with van der Waals surface area (Å²) in [5, 5.41) is 20.4. The number of carbonyl (C=O) groups is 5. The minimum absolute atomic E-state index is 0.000597. The lowest BCUT2D eigenvalue weighted by Crippen LogP contribution is -2.57. The zero-order valence-corrected chi connectivity index (χ0v) is 30.9. The van der Waals surface area contributed by atoms with Crippen LogP contribution < -0.4 is 30.9 Å². The van der Waals surface area contributed by atoms with Crippen LogP contribution in [0.5, 0.6) is 5.75 Å². The third-order valence-electron chi connectivity index (χ3n) is 8.12. The zero-order chi connectivity index (χ0) is 38.8. The topological polar surface area (TPSA) is 182 Å². The zero-order valence-electron chi connectivity index (χ0n) is 30.9. The summed E-state index contributed by atoms with van der Waals surface area (Å²) in [7, 11) is 2.92. The molecule has 0 unspecified atom stereocenters. The van der Waals surface area contributed by atoms with Crippen molar-refractivity contribution < 1.29 is 33.4 Å². The molecular weight excluding hydrogens is 678 g/mol. The average Bonchev–Trinajstić information content (AvgIpc) is 3.15. The summed E-state index contributed by atoms with van der Waals surface area (Å²) in [6.45, 7) is 5.75. The molecule has 0 saturated carbocycles. The van der Waals surface area contributed by atoms with Crippen LogP contribution in [0.4, 0.5) is 21.0 Å². The number of amides is 6. The molecule has 3 aromatic rings. The average molecular weight is 728 g/mol. The van der Waals surface area contributed by atoms with E-state index >= 15 is 0 Å².